The zero-order valence-electron chi connectivity index (χ0n) is 10.0. The molecule has 1 aromatic carbocycles. The summed E-state index contributed by atoms with van der Waals surface area (Å²) in [6.07, 6.45) is 1.17. The summed E-state index contributed by atoms with van der Waals surface area (Å²) in [5, 5.41) is 10.8. The smallest absolute Gasteiger partial charge is 0.258 e. The average Bonchev–Trinajstić information content (AvgIpc) is 2.44. The van der Waals surface area contributed by atoms with Crippen molar-refractivity contribution >= 4 is 17.4 Å². The molecule has 20 heavy (non-hydrogen) atoms. The van der Waals surface area contributed by atoms with Gasteiger partial charge in [0.25, 0.3) is 5.91 Å². The lowest BCUT2D eigenvalue weighted by Crippen LogP contribution is -2.16. The molecule has 0 aliphatic heterocycles. The average molecular weight is 274 g/mol. The lowest BCUT2D eigenvalue weighted by Gasteiger charge is -2.07. The van der Waals surface area contributed by atoms with E-state index in [1.807, 2.05) is 0 Å². The van der Waals surface area contributed by atoms with Crippen molar-refractivity contribution in [1.29, 1.82) is 5.26 Å². The van der Waals surface area contributed by atoms with E-state index in [-0.39, 0.29) is 16.8 Å². The number of halogens is 2. The fourth-order valence-electron chi connectivity index (χ4n) is 1.51. The van der Waals surface area contributed by atoms with Gasteiger partial charge in [-0.2, -0.15) is 5.26 Å². The Bertz CT molecular complexity index is 725. The highest BCUT2D eigenvalue weighted by molar-refractivity contribution is 6.04. The third kappa shape index (κ3) is 2.54. The second-order valence-corrected chi connectivity index (χ2v) is 3.82. The molecule has 0 bridgehead atoms. The zero-order valence-corrected chi connectivity index (χ0v) is 10.0. The highest BCUT2D eigenvalue weighted by Crippen LogP contribution is 2.18. The van der Waals surface area contributed by atoms with Crippen LogP contribution in [-0.4, -0.2) is 10.9 Å². The summed E-state index contributed by atoms with van der Waals surface area (Å²) in [6, 6.07) is 6.40. The van der Waals surface area contributed by atoms with Gasteiger partial charge in [0, 0.05) is 6.20 Å². The van der Waals surface area contributed by atoms with Crippen molar-refractivity contribution in [2.75, 3.05) is 11.1 Å². The summed E-state index contributed by atoms with van der Waals surface area (Å²) in [4.78, 5) is 15.3. The number of hydrogen-bond acceptors (Lipinski definition) is 4. The number of nitrogen functional groups attached to an aromatic ring is 1. The van der Waals surface area contributed by atoms with Crippen LogP contribution in [0.15, 0.2) is 30.5 Å². The van der Waals surface area contributed by atoms with Crippen molar-refractivity contribution in [1.82, 2.24) is 4.98 Å². The van der Waals surface area contributed by atoms with Crippen LogP contribution in [0.1, 0.15) is 15.9 Å². The molecule has 0 saturated carbocycles. The molecule has 0 aliphatic rings. The van der Waals surface area contributed by atoms with Crippen molar-refractivity contribution in [2.24, 2.45) is 0 Å². The van der Waals surface area contributed by atoms with E-state index in [2.05, 4.69) is 10.3 Å². The topological polar surface area (TPSA) is 91.8 Å². The van der Waals surface area contributed by atoms with Gasteiger partial charge >= 0.3 is 0 Å². The van der Waals surface area contributed by atoms with Crippen LogP contribution >= 0.6 is 0 Å². The first kappa shape index (κ1) is 13.4. The van der Waals surface area contributed by atoms with Gasteiger partial charge in [-0.25, -0.2) is 13.8 Å². The summed E-state index contributed by atoms with van der Waals surface area (Å²) < 4.78 is 27.2. The number of rotatable bonds is 2. The van der Waals surface area contributed by atoms with E-state index in [1.165, 1.54) is 18.3 Å². The predicted octanol–water partition coefficient (Wildman–Crippen LogP) is 2.07. The lowest BCUT2D eigenvalue weighted by molar-refractivity contribution is 0.102. The molecule has 2 rings (SSSR count). The number of nitrogens with one attached hydrogen (secondary N) is 1. The van der Waals surface area contributed by atoms with E-state index in [9.17, 15) is 13.6 Å². The maximum absolute atomic E-state index is 13.6. The number of carbonyl (C=O) groups excluding carboxylic acids is 1. The van der Waals surface area contributed by atoms with Gasteiger partial charge in [-0.3, -0.25) is 4.79 Å². The number of hydrogen-bond donors (Lipinski definition) is 2. The molecule has 1 amide bonds. The van der Waals surface area contributed by atoms with Gasteiger partial charge in [0.1, 0.15) is 5.82 Å². The summed E-state index contributed by atoms with van der Waals surface area (Å²) in [5.41, 5.74) is 4.85. The summed E-state index contributed by atoms with van der Waals surface area (Å²) in [5.74, 6) is -3.04. The quantitative estimate of drug-likeness (QED) is 0.876. The number of pyridine rings is 1. The maximum atomic E-state index is 13.6. The van der Waals surface area contributed by atoms with Gasteiger partial charge < -0.3 is 11.1 Å². The van der Waals surface area contributed by atoms with Crippen molar-refractivity contribution in [2.45, 2.75) is 0 Å². The molecule has 100 valence electrons. The molecule has 0 spiro atoms. The number of amides is 1. The predicted molar refractivity (Wildman–Crippen MR) is 67.7 cm³/mol. The van der Waals surface area contributed by atoms with E-state index in [4.69, 9.17) is 11.0 Å². The number of aromatic nitrogens is 1. The Balaban J connectivity index is 2.29. The first-order chi connectivity index (χ1) is 9.52. The molecule has 5 nitrogen and oxygen atoms in total. The third-order valence-electron chi connectivity index (χ3n) is 2.51. The lowest BCUT2D eigenvalue weighted by atomic mass is 10.2. The van der Waals surface area contributed by atoms with E-state index < -0.39 is 23.4 Å². The minimum absolute atomic E-state index is 0.111. The van der Waals surface area contributed by atoms with Crippen LogP contribution in [0.5, 0.6) is 0 Å². The second kappa shape index (κ2) is 5.32. The molecular formula is C13H8F2N4O. The Kier molecular flexibility index (Phi) is 3.57. The Hall–Kier alpha value is -3.01. The monoisotopic (exact) mass is 274 g/mol. The molecule has 1 aromatic heterocycles. The minimum atomic E-state index is -0.973. The summed E-state index contributed by atoms with van der Waals surface area (Å²) >= 11 is 0. The van der Waals surface area contributed by atoms with Crippen LogP contribution in [0.4, 0.5) is 20.3 Å². The van der Waals surface area contributed by atoms with Crippen LogP contribution in [-0.2, 0) is 0 Å². The molecule has 2 aromatic rings. The molecule has 0 fully saturated rings. The fraction of sp³-hybridized carbons (Fsp3) is 0. The maximum Gasteiger partial charge on any atom is 0.258 e. The van der Waals surface area contributed by atoms with Crippen LogP contribution in [0.3, 0.4) is 0 Å². The highest BCUT2D eigenvalue weighted by Gasteiger charge is 2.16. The van der Waals surface area contributed by atoms with Crippen molar-refractivity contribution in [3.8, 4) is 6.07 Å². The minimum Gasteiger partial charge on any atom is -0.381 e. The molecule has 0 unspecified atom stereocenters. The molecule has 1 heterocycles. The van der Waals surface area contributed by atoms with Crippen LogP contribution in [0, 0.1) is 23.0 Å². The van der Waals surface area contributed by atoms with E-state index in [0.29, 0.717) is 0 Å². The normalized spacial score (nSPS) is 9.85. The van der Waals surface area contributed by atoms with Crippen LogP contribution in [0.2, 0.25) is 0 Å². The largest absolute Gasteiger partial charge is 0.381 e. The van der Waals surface area contributed by atoms with Crippen LogP contribution in [0.25, 0.3) is 0 Å². The van der Waals surface area contributed by atoms with Gasteiger partial charge in [0.2, 0.25) is 0 Å². The first-order valence-electron chi connectivity index (χ1n) is 5.44. The van der Waals surface area contributed by atoms with E-state index in [0.717, 1.165) is 12.1 Å². The Morgan fingerprint density at radius 2 is 2.10 bits per heavy atom. The standard InChI is InChI=1S/C13H8F2N4O/c14-9-5-7(6-16)1-2-10(9)19-13(20)8-3-4-18-12(17)11(8)15/h1-5H,(H2,17,18)(H,19,20). The zero-order chi connectivity index (χ0) is 14.7. The number of nitrogens with two attached hydrogens (primary N) is 1. The van der Waals surface area contributed by atoms with E-state index in [1.54, 1.807) is 6.07 Å². The SMILES string of the molecule is N#Cc1ccc(NC(=O)c2ccnc(N)c2F)c(F)c1. The van der Waals surface area contributed by atoms with Crippen molar-refractivity contribution < 1.29 is 13.6 Å². The Morgan fingerprint density at radius 1 is 1.35 bits per heavy atom. The van der Waals surface area contributed by atoms with Crippen molar-refractivity contribution in [3.63, 3.8) is 0 Å². The van der Waals surface area contributed by atoms with Crippen molar-refractivity contribution in [3.05, 3.63) is 53.2 Å². The molecule has 0 atom stereocenters. The fourth-order valence-corrected chi connectivity index (χ4v) is 1.51. The molecule has 0 saturated heterocycles. The molecule has 0 aliphatic carbocycles. The van der Waals surface area contributed by atoms with Gasteiger partial charge in [-0.1, -0.05) is 0 Å². The first-order valence-corrected chi connectivity index (χ1v) is 5.44. The molecule has 7 heteroatoms. The summed E-state index contributed by atoms with van der Waals surface area (Å²) in [7, 11) is 0. The third-order valence-corrected chi connectivity index (χ3v) is 2.51. The number of carbonyl (C=O) groups is 1. The number of nitrogens with zero attached hydrogens (tertiary/aromatic N) is 2. The number of benzene rings is 1. The van der Waals surface area contributed by atoms with Gasteiger partial charge in [-0.15, -0.1) is 0 Å². The van der Waals surface area contributed by atoms with Gasteiger partial charge in [0.15, 0.2) is 11.6 Å². The number of anilines is 2. The second-order valence-electron chi connectivity index (χ2n) is 3.82. The highest BCUT2D eigenvalue weighted by atomic mass is 19.1. The van der Waals surface area contributed by atoms with Gasteiger partial charge in [0.05, 0.1) is 22.9 Å². The molecular weight excluding hydrogens is 266 g/mol. The Morgan fingerprint density at radius 3 is 2.75 bits per heavy atom. The van der Waals surface area contributed by atoms with Gasteiger partial charge in [-0.05, 0) is 24.3 Å². The molecule has 3 N–H and O–H groups in total. The molecule has 0 radical (unpaired) electrons. The van der Waals surface area contributed by atoms with Crippen LogP contribution < -0.4 is 11.1 Å². The summed E-state index contributed by atoms with van der Waals surface area (Å²) in [6.45, 7) is 0. The number of nitriles is 1. The van der Waals surface area contributed by atoms with E-state index >= 15 is 0 Å². The Labute approximate surface area is 112 Å².